The van der Waals surface area contributed by atoms with Gasteiger partial charge in [0.15, 0.2) is 0 Å². The number of carbonyl (C=O) groups excluding carboxylic acids is 1. The Morgan fingerprint density at radius 1 is 1.15 bits per heavy atom. The summed E-state index contributed by atoms with van der Waals surface area (Å²) in [7, 11) is 0. The van der Waals surface area contributed by atoms with Crippen LogP contribution in [0.5, 0.6) is 0 Å². The van der Waals surface area contributed by atoms with Crippen molar-refractivity contribution in [2.24, 2.45) is 0 Å². The fraction of sp³-hybridized carbons (Fsp3) is 0.269. The van der Waals surface area contributed by atoms with Crippen LogP contribution in [0.25, 0.3) is 21.3 Å². The van der Waals surface area contributed by atoms with Crippen molar-refractivity contribution in [3.05, 3.63) is 87.5 Å². The van der Waals surface area contributed by atoms with Gasteiger partial charge in [-0.25, -0.2) is 9.37 Å². The van der Waals surface area contributed by atoms with Gasteiger partial charge in [-0.05, 0) is 43.0 Å². The molecule has 0 unspecified atom stereocenters. The van der Waals surface area contributed by atoms with Crippen LogP contribution in [-0.2, 0) is 17.9 Å². The van der Waals surface area contributed by atoms with Crippen molar-refractivity contribution >= 4 is 27.5 Å². The quantitative estimate of drug-likeness (QED) is 0.382. The second-order valence-electron chi connectivity index (χ2n) is 8.57. The number of fused-ring (bicyclic) bond motifs is 1. The number of rotatable bonds is 7. The minimum atomic E-state index is -0.288. The minimum Gasteiger partial charge on any atom is -0.335 e. The predicted molar refractivity (Wildman–Crippen MR) is 129 cm³/mol. The minimum absolute atomic E-state index is 0.00195. The number of benzene rings is 2. The summed E-state index contributed by atoms with van der Waals surface area (Å²) in [5.74, 6) is -0.290. The fourth-order valence-electron chi connectivity index (χ4n) is 4.03. The molecule has 1 fully saturated rings. The first kappa shape index (κ1) is 21.5. The van der Waals surface area contributed by atoms with E-state index in [1.807, 2.05) is 41.5 Å². The fourth-order valence-corrected chi connectivity index (χ4v) is 4.93. The molecule has 2 aromatic heterocycles. The van der Waals surface area contributed by atoms with Crippen molar-refractivity contribution in [2.75, 3.05) is 0 Å². The summed E-state index contributed by atoms with van der Waals surface area (Å²) >= 11 is 1.45. The van der Waals surface area contributed by atoms with Crippen molar-refractivity contribution in [3.8, 4) is 11.1 Å². The lowest BCUT2D eigenvalue weighted by Crippen LogP contribution is -2.34. The SMILES string of the molecule is Cc1ccc(-c2csc3ncn(CCC(=O)N(Cc4ccc(F)cc4)C4CC4)c(=O)c23)cc1. The molecule has 1 aliphatic rings. The Bertz CT molecular complexity index is 1360. The Labute approximate surface area is 195 Å². The summed E-state index contributed by atoms with van der Waals surface area (Å²) in [6.07, 6.45) is 3.72. The highest BCUT2D eigenvalue weighted by molar-refractivity contribution is 7.17. The number of amides is 1. The summed E-state index contributed by atoms with van der Waals surface area (Å²) in [6.45, 7) is 2.76. The average Bonchev–Trinajstić information content (AvgIpc) is 3.56. The van der Waals surface area contributed by atoms with E-state index in [4.69, 9.17) is 0 Å². The molecule has 5 nitrogen and oxygen atoms in total. The zero-order valence-corrected chi connectivity index (χ0v) is 19.1. The van der Waals surface area contributed by atoms with Crippen molar-refractivity contribution in [1.82, 2.24) is 14.5 Å². The van der Waals surface area contributed by atoms with E-state index >= 15 is 0 Å². The van der Waals surface area contributed by atoms with Crippen LogP contribution in [0.1, 0.15) is 30.4 Å². The number of aryl methyl sites for hydroxylation is 2. The Kier molecular flexibility index (Phi) is 5.81. The van der Waals surface area contributed by atoms with Crippen molar-refractivity contribution in [1.29, 1.82) is 0 Å². The predicted octanol–water partition coefficient (Wildman–Crippen LogP) is 5.15. The van der Waals surface area contributed by atoms with Crippen LogP contribution in [0.15, 0.2) is 65.0 Å². The van der Waals surface area contributed by atoms with Gasteiger partial charge < -0.3 is 4.90 Å². The molecule has 7 heteroatoms. The maximum Gasteiger partial charge on any atom is 0.262 e. The van der Waals surface area contributed by atoms with Gasteiger partial charge in [0.25, 0.3) is 5.56 Å². The number of carbonyl (C=O) groups is 1. The van der Waals surface area contributed by atoms with E-state index in [0.717, 1.165) is 35.1 Å². The number of nitrogens with zero attached hydrogens (tertiary/aromatic N) is 3. The Morgan fingerprint density at radius 3 is 2.58 bits per heavy atom. The number of aromatic nitrogens is 2. The lowest BCUT2D eigenvalue weighted by atomic mass is 10.1. The van der Waals surface area contributed by atoms with Gasteiger partial charge in [0.2, 0.25) is 5.91 Å². The van der Waals surface area contributed by atoms with E-state index in [9.17, 15) is 14.0 Å². The third-order valence-electron chi connectivity index (χ3n) is 6.06. The molecule has 1 aliphatic carbocycles. The number of hydrogen-bond donors (Lipinski definition) is 0. The molecule has 5 rings (SSSR count). The molecule has 0 bridgehead atoms. The van der Waals surface area contributed by atoms with Gasteiger partial charge in [-0.15, -0.1) is 11.3 Å². The Hall–Kier alpha value is -3.32. The molecule has 1 amide bonds. The molecule has 33 heavy (non-hydrogen) atoms. The summed E-state index contributed by atoms with van der Waals surface area (Å²) < 4.78 is 14.8. The van der Waals surface area contributed by atoms with E-state index < -0.39 is 0 Å². The average molecular weight is 462 g/mol. The first-order chi connectivity index (χ1) is 16.0. The van der Waals surface area contributed by atoms with Gasteiger partial charge in [-0.3, -0.25) is 14.2 Å². The Morgan fingerprint density at radius 2 is 1.88 bits per heavy atom. The molecule has 0 saturated heterocycles. The third kappa shape index (κ3) is 4.59. The van der Waals surface area contributed by atoms with Crippen molar-refractivity contribution in [2.45, 2.75) is 45.3 Å². The smallest absolute Gasteiger partial charge is 0.262 e. The first-order valence-corrected chi connectivity index (χ1v) is 11.9. The molecule has 0 N–H and O–H groups in total. The zero-order valence-electron chi connectivity index (χ0n) is 18.3. The normalized spacial score (nSPS) is 13.4. The summed E-state index contributed by atoms with van der Waals surface area (Å²) in [6, 6.07) is 14.6. The molecule has 0 spiro atoms. The molecular formula is C26H24FN3O2S. The van der Waals surface area contributed by atoms with E-state index in [1.165, 1.54) is 34.4 Å². The van der Waals surface area contributed by atoms with E-state index in [1.54, 1.807) is 12.1 Å². The summed E-state index contributed by atoms with van der Waals surface area (Å²) in [5.41, 5.74) is 3.80. The van der Waals surface area contributed by atoms with E-state index in [-0.39, 0.29) is 36.3 Å². The lowest BCUT2D eigenvalue weighted by Gasteiger charge is -2.23. The molecule has 4 aromatic rings. The van der Waals surface area contributed by atoms with E-state index in [0.29, 0.717) is 16.8 Å². The van der Waals surface area contributed by atoms with Gasteiger partial charge in [0.1, 0.15) is 10.6 Å². The van der Waals surface area contributed by atoms with Gasteiger partial charge >= 0.3 is 0 Å². The van der Waals surface area contributed by atoms with Crippen molar-refractivity contribution in [3.63, 3.8) is 0 Å². The van der Waals surface area contributed by atoms with Crippen molar-refractivity contribution < 1.29 is 9.18 Å². The Balaban J connectivity index is 1.35. The second-order valence-corrected chi connectivity index (χ2v) is 9.43. The highest BCUT2D eigenvalue weighted by Crippen LogP contribution is 2.31. The van der Waals surface area contributed by atoms with Crippen LogP contribution < -0.4 is 5.56 Å². The van der Waals surface area contributed by atoms with Crippen LogP contribution in [0.3, 0.4) is 0 Å². The number of halogens is 1. The maximum atomic E-state index is 13.3. The number of hydrogen-bond acceptors (Lipinski definition) is 4. The van der Waals surface area contributed by atoms with Gasteiger partial charge in [0.05, 0.1) is 11.7 Å². The van der Waals surface area contributed by atoms with Crippen LogP contribution in [0, 0.1) is 12.7 Å². The van der Waals surface area contributed by atoms with Crippen LogP contribution in [0.2, 0.25) is 0 Å². The maximum absolute atomic E-state index is 13.3. The monoisotopic (exact) mass is 461 g/mol. The first-order valence-electron chi connectivity index (χ1n) is 11.1. The molecule has 1 saturated carbocycles. The third-order valence-corrected chi connectivity index (χ3v) is 6.95. The largest absolute Gasteiger partial charge is 0.335 e. The second kappa shape index (κ2) is 8.90. The molecule has 2 aromatic carbocycles. The van der Waals surface area contributed by atoms with Crippen LogP contribution in [0.4, 0.5) is 4.39 Å². The highest BCUT2D eigenvalue weighted by Gasteiger charge is 2.32. The highest BCUT2D eigenvalue weighted by atomic mass is 32.1. The molecule has 0 aliphatic heterocycles. The zero-order chi connectivity index (χ0) is 22.9. The lowest BCUT2D eigenvalue weighted by molar-refractivity contribution is -0.132. The van der Waals surface area contributed by atoms with Gasteiger partial charge in [0, 0.05) is 36.5 Å². The molecular weight excluding hydrogens is 437 g/mol. The topological polar surface area (TPSA) is 55.2 Å². The summed E-state index contributed by atoms with van der Waals surface area (Å²) in [5, 5.41) is 2.57. The number of thiophene rings is 1. The van der Waals surface area contributed by atoms with Gasteiger partial charge in [-0.1, -0.05) is 42.0 Å². The standard InChI is InChI=1S/C26H24FN3O2S/c1-17-2-6-19(7-3-17)22-15-33-25-24(22)26(32)29(16-28-25)13-12-23(31)30(21-10-11-21)14-18-4-8-20(27)9-5-18/h2-9,15-16,21H,10-14H2,1H3. The van der Waals surface area contributed by atoms with Gasteiger partial charge in [-0.2, -0.15) is 0 Å². The summed E-state index contributed by atoms with van der Waals surface area (Å²) in [4.78, 5) is 33.3. The van der Waals surface area contributed by atoms with Crippen LogP contribution >= 0.6 is 11.3 Å². The van der Waals surface area contributed by atoms with Crippen LogP contribution in [-0.4, -0.2) is 26.4 Å². The van der Waals surface area contributed by atoms with E-state index in [2.05, 4.69) is 4.98 Å². The molecule has 2 heterocycles. The molecule has 0 atom stereocenters. The molecule has 168 valence electrons. The molecule has 0 radical (unpaired) electrons.